The van der Waals surface area contributed by atoms with Crippen LogP contribution in [0, 0.1) is 10.1 Å². The van der Waals surface area contributed by atoms with E-state index < -0.39 is 17.1 Å². The van der Waals surface area contributed by atoms with Gasteiger partial charge in [0.1, 0.15) is 0 Å². The zero-order valence-corrected chi connectivity index (χ0v) is 15.2. The number of amides is 2. The molecular formula is C18H21N3O6. The Morgan fingerprint density at radius 1 is 1.07 bits per heavy atom. The fraction of sp³-hybridized carbons (Fsp3) is 0.444. The van der Waals surface area contributed by atoms with Crippen LogP contribution >= 0.6 is 0 Å². The minimum absolute atomic E-state index is 0.00726. The number of ether oxygens (including phenoxy) is 2. The molecule has 27 heavy (non-hydrogen) atoms. The van der Waals surface area contributed by atoms with Gasteiger partial charge in [-0.15, -0.1) is 0 Å². The third-order valence-corrected chi connectivity index (χ3v) is 4.65. The molecule has 9 nitrogen and oxygen atoms in total. The van der Waals surface area contributed by atoms with E-state index in [0.29, 0.717) is 12.8 Å². The highest BCUT2D eigenvalue weighted by atomic mass is 16.6. The van der Waals surface area contributed by atoms with E-state index in [1.807, 2.05) is 6.08 Å². The lowest BCUT2D eigenvalue weighted by molar-refractivity contribution is -0.384. The lowest BCUT2D eigenvalue weighted by atomic mass is 10.1. The van der Waals surface area contributed by atoms with Crippen molar-refractivity contribution >= 4 is 23.9 Å². The van der Waals surface area contributed by atoms with Crippen molar-refractivity contribution in [3.63, 3.8) is 0 Å². The number of hydrazine groups is 1. The summed E-state index contributed by atoms with van der Waals surface area (Å²) >= 11 is 0. The average molecular weight is 375 g/mol. The molecule has 1 aliphatic heterocycles. The number of hydrogen-bond donors (Lipinski definition) is 0. The standard InChI is InChI=1S/C18H21N3O6/c1-3-26-17(22)19-15-9-10-16(20(19)18(23)27-4-2)14(15)11-12-5-7-13(8-6-12)21(24)25/h5-8,11,15-16H,3-4,9-10H2,1-2H3. The topological polar surface area (TPSA) is 102 Å². The smallest absolute Gasteiger partial charge is 0.429 e. The minimum atomic E-state index is -0.590. The SMILES string of the molecule is CCOC(=O)N1C2CCC(C2=Cc2ccc([N+](=O)[O-])cc2)N1C(=O)OCC. The highest BCUT2D eigenvalue weighted by molar-refractivity contribution is 5.79. The molecule has 0 aromatic heterocycles. The van der Waals surface area contributed by atoms with Crippen molar-refractivity contribution in [2.45, 2.75) is 38.8 Å². The van der Waals surface area contributed by atoms with Crippen molar-refractivity contribution in [1.29, 1.82) is 0 Å². The Hall–Kier alpha value is -3.10. The van der Waals surface area contributed by atoms with Gasteiger partial charge < -0.3 is 9.47 Å². The lowest BCUT2D eigenvalue weighted by Gasteiger charge is -2.35. The summed E-state index contributed by atoms with van der Waals surface area (Å²) in [6, 6.07) is 5.55. The van der Waals surface area contributed by atoms with Gasteiger partial charge in [0.15, 0.2) is 0 Å². The summed E-state index contributed by atoms with van der Waals surface area (Å²) in [5.41, 5.74) is 1.67. The van der Waals surface area contributed by atoms with Crippen molar-refractivity contribution in [3.05, 3.63) is 45.5 Å². The Balaban J connectivity index is 1.93. The Bertz CT molecular complexity index is 742. The van der Waals surface area contributed by atoms with Gasteiger partial charge in [-0.3, -0.25) is 10.1 Å². The molecule has 1 aromatic carbocycles. The summed E-state index contributed by atoms with van der Waals surface area (Å²) in [5, 5.41) is 13.5. The van der Waals surface area contributed by atoms with Gasteiger partial charge in [0.2, 0.25) is 0 Å². The van der Waals surface area contributed by atoms with Crippen LogP contribution in [-0.4, -0.2) is 52.4 Å². The number of fused-ring (bicyclic) bond motifs is 2. The summed E-state index contributed by atoms with van der Waals surface area (Å²) in [5.74, 6) is 0. The molecule has 144 valence electrons. The Morgan fingerprint density at radius 3 is 1.96 bits per heavy atom. The molecule has 2 fully saturated rings. The van der Waals surface area contributed by atoms with Crippen molar-refractivity contribution in [1.82, 2.24) is 10.0 Å². The summed E-state index contributed by atoms with van der Waals surface area (Å²) in [6.07, 6.45) is 2.10. The molecule has 1 saturated carbocycles. The molecule has 1 aliphatic carbocycles. The Morgan fingerprint density at radius 2 is 1.56 bits per heavy atom. The van der Waals surface area contributed by atoms with Crippen LogP contribution in [-0.2, 0) is 9.47 Å². The van der Waals surface area contributed by atoms with Gasteiger partial charge in [0.05, 0.1) is 30.2 Å². The first-order valence-electron chi connectivity index (χ1n) is 8.85. The van der Waals surface area contributed by atoms with Crippen LogP contribution in [0.1, 0.15) is 32.3 Å². The number of nitro groups is 1. The first-order valence-corrected chi connectivity index (χ1v) is 8.85. The molecule has 1 aromatic rings. The molecule has 0 radical (unpaired) electrons. The number of non-ortho nitro benzene ring substituents is 1. The van der Waals surface area contributed by atoms with Gasteiger partial charge in [0.25, 0.3) is 5.69 Å². The van der Waals surface area contributed by atoms with Crippen molar-refractivity contribution in [3.8, 4) is 0 Å². The average Bonchev–Trinajstić information content (AvgIpc) is 3.17. The van der Waals surface area contributed by atoms with Gasteiger partial charge in [0, 0.05) is 12.1 Å². The maximum Gasteiger partial charge on any atom is 0.429 e. The van der Waals surface area contributed by atoms with Gasteiger partial charge in [-0.1, -0.05) is 6.08 Å². The fourth-order valence-electron chi connectivity index (χ4n) is 3.59. The van der Waals surface area contributed by atoms with Crippen LogP contribution in [0.15, 0.2) is 29.8 Å². The van der Waals surface area contributed by atoms with Crippen molar-refractivity contribution in [2.75, 3.05) is 13.2 Å². The van der Waals surface area contributed by atoms with Gasteiger partial charge >= 0.3 is 12.2 Å². The second-order valence-electron chi connectivity index (χ2n) is 6.19. The molecule has 1 heterocycles. The maximum absolute atomic E-state index is 12.4. The van der Waals surface area contributed by atoms with Gasteiger partial charge in [-0.25, -0.2) is 19.6 Å². The molecule has 2 aliphatic rings. The third-order valence-electron chi connectivity index (χ3n) is 4.65. The molecule has 2 atom stereocenters. The molecule has 3 rings (SSSR count). The lowest BCUT2D eigenvalue weighted by Crippen LogP contribution is -2.53. The summed E-state index contributed by atoms with van der Waals surface area (Å²) in [6.45, 7) is 3.80. The number of hydrogen-bond acceptors (Lipinski definition) is 6. The summed E-state index contributed by atoms with van der Waals surface area (Å²) < 4.78 is 10.2. The Labute approximate surface area is 156 Å². The van der Waals surface area contributed by atoms with E-state index in [9.17, 15) is 19.7 Å². The monoisotopic (exact) mass is 375 g/mol. The number of carbonyl (C=O) groups is 2. The predicted octanol–water partition coefficient (Wildman–Crippen LogP) is 3.35. The number of nitrogens with zero attached hydrogens (tertiary/aromatic N) is 3. The van der Waals surface area contributed by atoms with Crippen LogP contribution in [0.2, 0.25) is 0 Å². The van der Waals surface area contributed by atoms with E-state index in [1.165, 1.54) is 22.2 Å². The van der Waals surface area contributed by atoms with Crippen LogP contribution in [0.5, 0.6) is 0 Å². The number of nitro benzene ring substituents is 1. The summed E-state index contributed by atoms with van der Waals surface area (Å²) in [7, 11) is 0. The van der Waals surface area contributed by atoms with E-state index in [-0.39, 0.29) is 31.0 Å². The number of benzene rings is 1. The van der Waals surface area contributed by atoms with Crippen LogP contribution < -0.4 is 0 Å². The van der Waals surface area contributed by atoms with Crippen molar-refractivity contribution in [2.24, 2.45) is 0 Å². The van der Waals surface area contributed by atoms with Crippen LogP contribution in [0.25, 0.3) is 6.08 Å². The van der Waals surface area contributed by atoms with E-state index in [2.05, 4.69) is 0 Å². The third kappa shape index (κ3) is 3.44. The highest BCUT2D eigenvalue weighted by Crippen LogP contribution is 2.43. The molecule has 2 unspecified atom stereocenters. The summed E-state index contributed by atoms with van der Waals surface area (Å²) in [4.78, 5) is 35.2. The Kier molecular flexibility index (Phi) is 5.29. The van der Waals surface area contributed by atoms with Crippen LogP contribution in [0.3, 0.4) is 0 Å². The highest BCUT2D eigenvalue weighted by Gasteiger charge is 2.54. The molecule has 2 amide bonds. The largest absolute Gasteiger partial charge is 0.448 e. The molecule has 0 spiro atoms. The number of rotatable bonds is 4. The molecular weight excluding hydrogens is 354 g/mol. The first-order chi connectivity index (χ1) is 13.0. The zero-order valence-electron chi connectivity index (χ0n) is 15.2. The molecule has 2 bridgehead atoms. The van der Waals surface area contributed by atoms with Crippen molar-refractivity contribution < 1.29 is 24.0 Å². The van der Waals surface area contributed by atoms with Gasteiger partial charge in [-0.05, 0) is 50.0 Å². The zero-order chi connectivity index (χ0) is 19.6. The second kappa shape index (κ2) is 7.65. The molecule has 9 heteroatoms. The molecule has 1 saturated heterocycles. The molecule has 0 N–H and O–H groups in total. The predicted molar refractivity (Wildman–Crippen MR) is 95.6 cm³/mol. The normalized spacial score (nSPS) is 20.6. The number of carbonyl (C=O) groups excluding carboxylic acids is 2. The first kappa shape index (κ1) is 18.7. The fourth-order valence-corrected chi connectivity index (χ4v) is 3.59. The van der Waals surface area contributed by atoms with E-state index >= 15 is 0 Å². The van der Waals surface area contributed by atoms with E-state index in [1.54, 1.807) is 26.0 Å². The minimum Gasteiger partial charge on any atom is -0.448 e. The van der Waals surface area contributed by atoms with Crippen LogP contribution in [0.4, 0.5) is 15.3 Å². The maximum atomic E-state index is 12.4. The van der Waals surface area contributed by atoms with E-state index in [0.717, 1.165) is 11.1 Å². The van der Waals surface area contributed by atoms with E-state index in [4.69, 9.17) is 9.47 Å². The van der Waals surface area contributed by atoms with Gasteiger partial charge in [-0.2, -0.15) is 0 Å². The quantitative estimate of drug-likeness (QED) is 0.591. The second-order valence-corrected chi connectivity index (χ2v) is 6.19.